The molecule has 0 aliphatic heterocycles. The fourth-order valence-electron chi connectivity index (χ4n) is 0.612. The van der Waals surface area contributed by atoms with Crippen LogP contribution in [-0.2, 0) is 4.74 Å². The summed E-state index contributed by atoms with van der Waals surface area (Å²) in [6.07, 6.45) is -0.0971. The lowest BCUT2D eigenvalue weighted by Crippen LogP contribution is -2.11. The first kappa shape index (κ1) is 9.67. The van der Waals surface area contributed by atoms with Crippen LogP contribution >= 0.6 is 27.3 Å². The van der Waals surface area contributed by atoms with Crippen molar-refractivity contribution in [2.45, 2.75) is 20.0 Å². The predicted molar refractivity (Wildman–Crippen MR) is 50.4 cm³/mol. The Bertz CT molecular complexity index is 285. The van der Waals surface area contributed by atoms with Crippen molar-refractivity contribution in [3.8, 4) is 0 Å². The van der Waals surface area contributed by atoms with E-state index < -0.39 is 0 Å². The van der Waals surface area contributed by atoms with Crippen LogP contribution in [0.4, 0.5) is 0 Å². The molecule has 1 aromatic heterocycles. The molecule has 0 amide bonds. The number of thiazole rings is 1. The molecule has 1 heterocycles. The number of carbonyl (C=O) groups excluding carboxylic acids is 1. The molecular formula is C7H8BrNO2S. The molecule has 66 valence electrons. The SMILES string of the molecule is CC(C)OC(=O)c1nc(Br)cs1. The second kappa shape index (κ2) is 4.00. The highest BCUT2D eigenvalue weighted by molar-refractivity contribution is 9.10. The van der Waals surface area contributed by atoms with Gasteiger partial charge in [0, 0.05) is 5.38 Å². The van der Waals surface area contributed by atoms with Gasteiger partial charge in [-0.25, -0.2) is 9.78 Å². The van der Waals surface area contributed by atoms with Crippen molar-refractivity contribution in [2.75, 3.05) is 0 Å². The lowest BCUT2D eigenvalue weighted by Gasteiger charge is -2.04. The molecule has 0 aromatic carbocycles. The van der Waals surface area contributed by atoms with E-state index in [2.05, 4.69) is 20.9 Å². The Kier molecular flexibility index (Phi) is 3.22. The standard InChI is InChI=1S/C7H8BrNO2S/c1-4(2)11-7(10)6-9-5(8)3-12-6/h3-4H,1-2H3. The van der Waals surface area contributed by atoms with Crippen molar-refractivity contribution >= 4 is 33.2 Å². The second-order valence-electron chi connectivity index (χ2n) is 2.43. The highest BCUT2D eigenvalue weighted by Crippen LogP contribution is 2.15. The van der Waals surface area contributed by atoms with E-state index in [0.29, 0.717) is 9.61 Å². The first-order chi connectivity index (χ1) is 5.59. The smallest absolute Gasteiger partial charge is 0.367 e. The fourth-order valence-corrected chi connectivity index (χ4v) is 1.74. The van der Waals surface area contributed by atoms with Crippen LogP contribution in [0, 0.1) is 0 Å². The van der Waals surface area contributed by atoms with E-state index in [0.717, 1.165) is 0 Å². The van der Waals surface area contributed by atoms with E-state index in [1.807, 2.05) is 0 Å². The van der Waals surface area contributed by atoms with Gasteiger partial charge in [0.1, 0.15) is 4.60 Å². The fraction of sp³-hybridized carbons (Fsp3) is 0.429. The Hall–Kier alpha value is -0.420. The third kappa shape index (κ3) is 2.57. The number of aromatic nitrogens is 1. The molecule has 1 rings (SSSR count). The molecule has 0 unspecified atom stereocenters. The van der Waals surface area contributed by atoms with E-state index in [-0.39, 0.29) is 12.1 Å². The summed E-state index contributed by atoms with van der Waals surface area (Å²) < 4.78 is 5.61. The number of esters is 1. The van der Waals surface area contributed by atoms with Gasteiger partial charge < -0.3 is 4.74 Å². The molecule has 0 saturated heterocycles. The predicted octanol–water partition coefficient (Wildman–Crippen LogP) is 2.47. The molecule has 3 nitrogen and oxygen atoms in total. The summed E-state index contributed by atoms with van der Waals surface area (Å²) in [4.78, 5) is 15.1. The minimum atomic E-state index is -0.360. The number of halogens is 1. The first-order valence-electron chi connectivity index (χ1n) is 3.41. The Morgan fingerprint density at radius 1 is 1.75 bits per heavy atom. The maximum Gasteiger partial charge on any atom is 0.367 e. The molecule has 1 aromatic rings. The van der Waals surface area contributed by atoms with Gasteiger partial charge in [0.15, 0.2) is 0 Å². The van der Waals surface area contributed by atoms with Crippen molar-refractivity contribution in [3.63, 3.8) is 0 Å². The number of carbonyl (C=O) groups is 1. The molecule has 0 aliphatic rings. The summed E-state index contributed by atoms with van der Waals surface area (Å²) in [5, 5.41) is 2.13. The van der Waals surface area contributed by atoms with Crippen LogP contribution in [0.1, 0.15) is 23.6 Å². The van der Waals surface area contributed by atoms with Crippen molar-refractivity contribution < 1.29 is 9.53 Å². The molecule has 0 saturated carbocycles. The van der Waals surface area contributed by atoms with Crippen molar-refractivity contribution in [2.24, 2.45) is 0 Å². The Morgan fingerprint density at radius 3 is 2.83 bits per heavy atom. The second-order valence-corrected chi connectivity index (χ2v) is 4.10. The van der Waals surface area contributed by atoms with E-state index in [4.69, 9.17) is 4.74 Å². The van der Waals surface area contributed by atoms with Crippen LogP contribution in [0.5, 0.6) is 0 Å². The maximum absolute atomic E-state index is 11.2. The summed E-state index contributed by atoms with van der Waals surface area (Å²) in [6, 6.07) is 0. The Balaban J connectivity index is 2.65. The normalized spacial score (nSPS) is 10.3. The van der Waals surface area contributed by atoms with Crippen molar-refractivity contribution in [3.05, 3.63) is 15.0 Å². The summed E-state index contributed by atoms with van der Waals surface area (Å²) >= 11 is 4.43. The molecule has 0 bridgehead atoms. The third-order valence-electron chi connectivity index (χ3n) is 0.994. The number of ether oxygens (including phenoxy) is 1. The number of hydrogen-bond acceptors (Lipinski definition) is 4. The van der Waals surface area contributed by atoms with E-state index in [1.54, 1.807) is 19.2 Å². The van der Waals surface area contributed by atoms with Gasteiger partial charge in [-0.3, -0.25) is 0 Å². The van der Waals surface area contributed by atoms with Gasteiger partial charge in [0.25, 0.3) is 0 Å². The topological polar surface area (TPSA) is 39.2 Å². The monoisotopic (exact) mass is 249 g/mol. The van der Waals surface area contributed by atoms with Gasteiger partial charge in [0.2, 0.25) is 5.01 Å². The summed E-state index contributed by atoms with van der Waals surface area (Å²) in [6.45, 7) is 3.61. The molecule has 12 heavy (non-hydrogen) atoms. The highest BCUT2D eigenvalue weighted by Gasteiger charge is 2.12. The number of rotatable bonds is 2. The Labute approximate surface area is 82.9 Å². The zero-order valence-corrected chi connectivity index (χ0v) is 9.11. The van der Waals surface area contributed by atoms with Crippen molar-refractivity contribution in [1.82, 2.24) is 4.98 Å². The molecule has 0 spiro atoms. The average molecular weight is 250 g/mol. The van der Waals surface area contributed by atoms with Crippen molar-refractivity contribution in [1.29, 1.82) is 0 Å². The third-order valence-corrected chi connectivity index (χ3v) is 2.53. The van der Waals surface area contributed by atoms with Crippen LogP contribution in [0.3, 0.4) is 0 Å². The average Bonchev–Trinajstić information content (AvgIpc) is 2.34. The minimum absolute atomic E-state index is 0.0971. The molecular weight excluding hydrogens is 242 g/mol. The lowest BCUT2D eigenvalue weighted by atomic mass is 10.5. The summed E-state index contributed by atoms with van der Waals surface area (Å²) in [5.41, 5.74) is 0. The molecule has 0 fully saturated rings. The Morgan fingerprint density at radius 2 is 2.42 bits per heavy atom. The molecule has 0 radical (unpaired) electrons. The van der Waals surface area contributed by atoms with Gasteiger partial charge in [-0.2, -0.15) is 0 Å². The van der Waals surface area contributed by atoms with Crippen LogP contribution < -0.4 is 0 Å². The van der Waals surface area contributed by atoms with Gasteiger partial charge in [-0.15, -0.1) is 11.3 Å². The summed E-state index contributed by atoms with van der Waals surface area (Å²) in [7, 11) is 0. The minimum Gasteiger partial charge on any atom is -0.458 e. The molecule has 5 heteroatoms. The number of nitrogens with zero attached hydrogens (tertiary/aromatic N) is 1. The van der Waals surface area contributed by atoms with Gasteiger partial charge in [0.05, 0.1) is 6.10 Å². The van der Waals surface area contributed by atoms with Gasteiger partial charge >= 0.3 is 5.97 Å². The van der Waals surface area contributed by atoms with E-state index in [1.165, 1.54) is 11.3 Å². The largest absolute Gasteiger partial charge is 0.458 e. The molecule has 0 aliphatic carbocycles. The van der Waals surface area contributed by atoms with Gasteiger partial charge in [-0.1, -0.05) is 0 Å². The van der Waals surface area contributed by atoms with Crippen LogP contribution in [0.15, 0.2) is 9.98 Å². The molecule has 0 atom stereocenters. The lowest BCUT2D eigenvalue weighted by molar-refractivity contribution is 0.0377. The van der Waals surface area contributed by atoms with Gasteiger partial charge in [-0.05, 0) is 29.8 Å². The zero-order chi connectivity index (χ0) is 9.14. The van der Waals surface area contributed by atoms with Crippen LogP contribution in [-0.4, -0.2) is 17.1 Å². The van der Waals surface area contributed by atoms with E-state index in [9.17, 15) is 4.79 Å². The van der Waals surface area contributed by atoms with Crippen LogP contribution in [0.2, 0.25) is 0 Å². The van der Waals surface area contributed by atoms with Crippen LogP contribution in [0.25, 0.3) is 0 Å². The number of hydrogen-bond donors (Lipinski definition) is 0. The quantitative estimate of drug-likeness (QED) is 0.757. The highest BCUT2D eigenvalue weighted by atomic mass is 79.9. The summed E-state index contributed by atoms with van der Waals surface area (Å²) in [5.74, 6) is -0.360. The van der Waals surface area contributed by atoms with E-state index >= 15 is 0 Å². The molecule has 0 N–H and O–H groups in total. The maximum atomic E-state index is 11.2. The first-order valence-corrected chi connectivity index (χ1v) is 5.09. The zero-order valence-electron chi connectivity index (χ0n) is 6.70.